The van der Waals surface area contributed by atoms with Crippen LogP contribution in [0.2, 0.25) is 0 Å². The second-order valence-corrected chi connectivity index (χ2v) is 7.30. The van der Waals surface area contributed by atoms with Gasteiger partial charge in [-0.3, -0.25) is 4.79 Å². The van der Waals surface area contributed by atoms with Crippen LogP contribution in [0.1, 0.15) is 52.9 Å². The molecular weight excluding hydrogens is 282 g/mol. The molecule has 6 heteroatoms. The first-order valence-corrected chi connectivity index (χ1v) is 8.31. The van der Waals surface area contributed by atoms with Crippen molar-refractivity contribution in [1.29, 1.82) is 0 Å². The van der Waals surface area contributed by atoms with Crippen molar-refractivity contribution in [2.24, 2.45) is 5.73 Å². The predicted octanol–water partition coefficient (Wildman–Crippen LogP) is 1.73. The van der Waals surface area contributed by atoms with Gasteiger partial charge >= 0.3 is 6.09 Å². The van der Waals surface area contributed by atoms with E-state index in [1.807, 2.05) is 25.7 Å². The molecule has 126 valence electrons. The number of carbonyl (C=O) groups excluding carboxylic acids is 2. The summed E-state index contributed by atoms with van der Waals surface area (Å²) in [6.07, 6.45) is 4.81. The second kappa shape index (κ2) is 6.86. The summed E-state index contributed by atoms with van der Waals surface area (Å²) in [5.41, 5.74) is 5.03. The maximum atomic E-state index is 12.4. The Morgan fingerprint density at radius 1 is 1.23 bits per heavy atom. The molecule has 2 fully saturated rings. The number of carbonyl (C=O) groups is 2. The molecule has 0 aromatic rings. The number of amides is 2. The summed E-state index contributed by atoms with van der Waals surface area (Å²) >= 11 is 0. The zero-order valence-corrected chi connectivity index (χ0v) is 14.0. The number of nitrogens with two attached hydrogens (primary N) is 1. The van der Waals surface area contributed by atoms with Gasteiger partial charge in [0.2, 0.25) is 5.91 Å². The van der Waals surface area contributed by atoms with Gasteiger partial charge in [-0.15, -0.1) is 0 Å². The fourth-order valence-corrected chi connectivity index (χ4v) is 2.94. The van der Waals surface area contributed by atoms with E-state index in [0.29, 0.717) is 19.1 Å². The van der Waals surface area contributed by atoms with Crippen LogP contribution < -0.4 is 5.73 Å². The number of rotatable bonds is 4. The van der Waals surface area contributed by atoms with Crippen LogP contribution >= 0.6 is 0 Å². The Bertz CT molecular complexity index is 415. The van der Waals surface area contributed by atoms with E-state index in [1.165, 1.54) is 0 Å². The van der Waals surface area contributed by atoms with Gasteiger partial charge in [0, 0.05) is 19.1 Å². The molecule has 1 heterocycles. The molecule has 1 atom stereocenters. The van der Waals surface area contributed by atoms with E-state index in [2.05, 4.69) is 0 Å². The van der Waals surface area contributed by atoms with Gasteiger partial charge in [0.1, 0.15) is 5.60 Å². The van der Waals surface area contributed by atoms with Gasteiger partial charge in [0.05, 0.1) is 12.6 Å². The number of hydrogen-bond donors (Lipinski definition) is 1. The van der Waals surface area contributed by atoms with E-state index in [-0.39, 0.29) is 24.6 Å². The Balaban J connectivity index is 2.02. The van der Waals surface area contributed by atoms with Crippen molar-refractivity contribution in [1.82, 2.24) is 9.80 Å². The Morgan fingerprint density at radius 2 is 1.91 bits per heavy atom. The maximum absolute atomic E-state index is 12.4. The molecule has 1 aliphatic carbocycles. The van der Waals surface area contributed by atoms with Crippen LogP contribution in [-0.4, -0.2) is 59.1 Å². The molecule has 2 amide bonds. The Hall–Kier alpha value is -1.30. The second-order valence-electron chi connectivity index (χ2n) is 7.30. The largest absolute Gasteiger partial charge is 0.444 e. The summed E-state index contributed by atoms with van der Waals surface area (Å²) in [4.78, 5) is 28.1. The number of nitrogens with zero attached hydrogens (tertiary/aromatic N) is 2. The molecule has 0 aromatic heterocycles. The lowest BCUT2D eigenvalue weighted by molar-refractivity contribution is -0.131. The first-order chi connectivity index (χ1) is 10.3. The van der Waals surface area contributed by atoms with Gasteiger partial charge in [-0.1, -0.05) is 0 Å². The highest BCUT2D eigenvalue weighted by Gasteiger charge is 2.37. The van der Waals surface area contributed by atoms with Crippen molar-refractivity contribution in [2.75, 3.05) is 19.6 Å². The number of hydrogen-bond acceptors (Lipinski definition) is 4. The molecule has 0 aromatic carbocycles. The highest BCUT2D eigenvalue weighted by atomic mass is 16.6. The molecule has 2 N–H and O–H groups in total. The Morgan fingerprint density at radius 3 is 2.45 bits per heavy atom. The minimum absolute atomic E-state index is 0.0165. The lowest BCUT2D eigenvalue weighted by atomic mass is 10.0. The SMILES string of the molecule is CC(C)(C)OC(=O)N1CCCCC1CN(C(=O)CN)C1CC1. The van der Waals surface area contributed by atoms with E-state index < -0.39 is 5.60 Å². The predicted molar refractivity (Wildman–Crippen MR) is 84.4 cm³/mol. The van der Waals surface area contributed by atoms with Gasteiger partial charge in [-0.2, -0.15) is 0 Å². The highest BCUT2D eigenvalue weighted by Crippen LogP contribution is 2.29. The summed E-state index contributed by atoms with van der Waals surface area (Å²) < 4.78 is 5.51. The standard InChI is InChI=1S/C16H29N3O3/c1-16(2,3)22-15(21)18-9-5-4-6-13(18)11-19(12-7-8-12)14(20)10-17/h12-13H,4-11,17H2,1-3H3. The van der Waals surface area contributed by atoms with Crippen LogP contribution in [0.4, 0.5) is 4.79 Å². The number of ether oxygens (including phenoxy) is 1. The zero-order chi connectivity index (χ0) is 16.3. The van der Waals surface area contributed by atoms with E-state index in [0.717, 1.165) is 32.1 Å². The lowest BCUT2D eigenvalue weighted by Gasteiger charge is -2.39. The normalized spacial score (nSPS) is 22.4. The molecule has 0 radical (unpaired) electrons. The lowest BCUT2D eigenvalue weighted by Crippen LogP contribution is -2.53. The highest BCUT2D eigenvalue weighted by molar-refractivity contribution is 5.79. The summed E-state index contributed by atoms with van der Waals surface area (Å²) in [5.74, 6) is -0.0165. The zero-order valence-electron chi connectivity index (χ0n) is 14.0. The number of piperidine rings is 1. The summed E-state index contributed by atoms with van der Waals surface area (Å²) in [5, 5.41) is 0. The van der Waals surface area contributed by atoms with E-state index in [4.69, 9.17) is 10.5 Å². The van der Waals surface area contributed by atoms with Gasteiger partial charge in [-0.05, 0) is 52.9 Å². The number of likely N-dealkylation sites (tertiary alicyclic amines) is 1. The smallest absolute Gasteiger partial charge is 0.410 e. The molecule has 22 heavy (non-hydrogen) atoms. The fourth-order valence-electron chi connectivity index (χ4n) is 2.94. The third-order valence-electron chi connectivity index (χ3n) is 4.15. The molecule has 0 bridgehead atoms. The van der Waals surface area contributed by atoms with Gasteiger partial charge < -0.3 is 20.3 Å². The van der Waals surface area contributed by atoms with Crippen molar-refractivity contribution in [2.45, 2.75) is 70.6 Å². The van der Waals surface area contributed by atoms with Crippen LogP contribution in [-0.2, 0) is 9.53 Å². The third kappa shape index (κ3) is 4.60. The molecule has 1 saturated carbocycles. The van der Waals surface area contributed by atoms with Crippen molar-refractivity contribution in [3.8, 4) is 0 Å². The van der Waals surface area contributed by atoms with Crippen LogP contribution in [0.5, 0.6) is 0 Å². The summed E-state index contributed by atoms with van der Waals surface area (Å²) in [6.45, 7) is 6.94. The van der Waals surface area contributed by atoms with Crippen molar-refractivity contribution < 1.29 is 14.3 Å². The minimum atomic E-state index is -0.498. The van der Waals surface area contributed by atoms with Crippen LogP contribution in [0.15, 0.2) is 0 Å². The van der Waals surface area contributed by atoms with E-state index in [9.17, 15) is 9.59 Å². The van der Waals surface area contributed by atoms with Gasteiger partial charge in [0.15, 0.2) is 0 Å². The van der Waals surface area contributed by atoms with E-state index in [1.54, 1.807) is 4.90 Å². The molecule has 6 nitrogen and oxygen atoms in total. The van der Waals surface area contributed by atoms with Crippen molar-refractivity contribution in [3.05, 3.63) is 0 Å². The molecule has 2 rings (SSSR count). The summed E-state index contributed by atoms with van der Waals surface area (Å²) in [6, 6.07) is 0.359. The molecule has 2 aliphatic rings. The first-order valence-electron chi connectivity index (χ1n) is 8.31. The first kappa shape index (κ1) is 17.1. The third-order valence-corrected chi connectivity index (χ3v) is 4.15. The van der Waals surface area contributed by atoms with Gasteiger partial charge in [-0.25, -0.2) is 4.79 Å². The molecule has 1 saturated heterocycles. The molecule has 1 aliphatic heterocycles. The Kier molecular flexibility index (Phi) is 5.32. The molecular formula is C16H29N3O3. The topological polar surface area (TPSA) is 75.9 Å². The van der Waals surface area contributed by atoms with Crippen LogP contribution in [0.3, 0.4) is 0 Å². The van der Waals surface area contributed by atoms with Crippen LogP contribution in [0, 0.1) is 0 Å². The molecule has 1 unspecified atom stereocenters. The fraction of sp³-hybridized carbons (Fsp3) is 0.875. The molecule has 0 spiro atoms. The Labute approximate surface area is 132 Å². The van der Waals surface area contributed by atoms with Gasteiger partial charge in [0.25, 0.3) is 0 Å². The maximum Gasteiger partial charge on any atom is 0.410 e. The van der Waals surface area contributed by atoms with Crippen molar-refractivity contribution in [3.63, 3.8) is 0 Å². The average molecular weight is 311 g/mol. The average Bonchev–Trinajstić information content (AvgIpc) is 3.27. The van der Waals surface area contributed by atoms with Crippen molar-refractivity contribution >= 4 is 12.0 Å². The van der Waals surface area contributed by atoms with E-state index >= 15 is 0 Å². The monoisotopic (exact) mass is 311 g/mol. The quantitative estimate of drug-likeness (QED) is 0.858. The van der Waals surface area contributed by atoms with Crippen LogP contribution in [0.25, 0.3) is 0 Å². The minimum Gasteiger partial charge on any atom is -0.444 e. The summed E-state index contributed by atoms with van der Waals surface area (Å²) in [7, 11) is 0.